The van der Waals surface area contributed by atoms with Crippen molar-refractivity contribution < 1.29 is 14.5 Å². The van der Waals surface area contributed by atoms with Gasteiger partial charge in [0.1, 0.15) is 11.3 Å². The van der Waals surface area contributed by atoms with E-state index in [1.54, 1.807) is 5.51 Å². The van der Waals surface area contributed by atoms with Gasteiger partial charge in [0, 0.05) is 12.1 Å². The van der Waals surface area contributed by atoms with Gasteiger partial charge < -0.3 is 10.1 Å². The maximum Gasteiger partial charge on any atom is 0.271 e. The van der Waals surface area contributed by atoms with E-state index in [1.165, 1.54) is 48.4 Å². The third-order valence-corrected chi connectivity index (χ3v) is 4.20. The van der Waals surface area contributed by atoms with Crippen molar-refractivity contribution in [1.82, 2.24) is 10.2 Å². The lowest BCUT2D eigenvalue weighted by atomic mass is 10.2. The molecule has 0 aliphatic carbocycles. The van der Waals surface area contributed by atoms with Gasteiger partial charge in [-0.05, 0) is 6.07 Å². The number of thioether (sulfide) groups is 1. The molecule has 0 saturated carbocycles. The van der Waals surface area contributed by atoms with E-state index < -0.39 is 4.92 Å². The first-order valence-electron chi connectivity index (χ1n) is 5.61. The van der Waals surface area contributed by atoms with Gasteiger partial charge in [-0.3, -0.25) is 14.9 Å². The molecule has 1 amide bonds. The average Bonchev–Trinajstić information content (AvgIpc) is 2.98. The van der Waals surface area contributed by atoms with Gasteiger partial charge in [-0.2, -0.15) is 0 Å². The van der Waals surface area contributed by atoms with Crippen LogP contribution in [0.1, 0.15) is 0 Å². The summed E-state index contributed by atoms with van der Waals surface area (Å²) in [6, 6.07) is 4.00. The number of ether oxygens (including phenoxy) is 1. The molecule has 2 rings (SSSR count). The van der Waals surface area contributed by atoms with Crippen LogP contribution in [0.15, 0.2) is 28.0 Å². The number of methoxy groups -OCH3 is 1. The fourth-order valence-electron chi connectivity index (χ4n) is 1.45. The molecule has 0 aliphatic rings. The van der Waals surface area contributed by atoms with E-state index in [0.29, 0.717) is 10.1 Å². The maximum atomic E-state index is 11.9. The summed E-state index contributed by atoms with van der Waals surface area (Å²) < 4.78 is 5.74. The number of anilines is 1. The minimum absolute atomic E-state index is 0.122. The zero-order valence-electron chi connectivity index (χ0n) is 10.8. The number of benzene rings is 1. The van der Waals surface area contributed by atoms with Crippen LogP contribution in [0.25, 0.3) is 0 Å². The first kappa shape index (κ1) is 15.2. The van der Waals surface area contributed by atoms with E-state index in [4.69, 9.17) is 4.74 Å². The van der Waals surface area contributed by atoms with Crippen molar-refractivity contribution in [2.24, 2.45) is 0 Å². The van der Waals surface area contributed by atoms with Crippen LogP contribution in [0.3, 0.4) is 0 Å². The van der Waals surface area contributed by atoms with Gasteiger partial charge in [0.25, 0.3) is 5.69 Å². The van der Waals surface area contributed by atoms with E-state index in [2.05, 4.69) is 15.5 Å². The predicted molar refractivity (Wildman–Crippen MR) is 78.9 cm³/mol. The van der Waals surface area contributed by atoms with E-state index in [9.17, 15) is 14.9 Å². The number of hydrogen-bond acceptors (Lipinski definition) is 8. The molecule has 0 bridgehead atoms. The summed E-state index contributed by atoms with van der Waals surface area (Å²) in [7, 11) is 1.42. The minimum Gasteiger partial charge on any atom is -0.495 e. The number of aromatic nitrogens is 2. The molecule has 0 unspecified atom stereocenters. The number of nitro benzene ring substituents is 1. The number of carbonyl (C=O) groups is 1. The highest BCUT2D eigenvalue weighted by atomic mass is 32.2. The van der Waals surface area contributed by atoms with E-state index in [-0.39, 0.29) is 23.0 Å². The molecule has 1 N–H and O–H groups in total. The fourth-order valence-corrected chi connectivity index (χ4v) is 2.74. The highest BCUT2D eigenvalue weighted by Gasteiger charge is 2.14. The Kier molecular flexibility index (Phi) is 5.06. The number of carbonyl (C=O) groups excluding carboxylic acids is 1. The molecule has 110 valence electrons. The Hall–Kier alpha value is -2.20. The lowest BCUT2D eigenvalue weighted by Gasteiger charge is -2.09. The van der Waals surface area contributed by atoms with Gasteiger partial charge in [-0.1, -0.05) is 23.1 Å². The Balaban J connectivity index is 2.04. The largest absolute Gasteiger partial charge is 0.495 e. The van der Waals surface area contributed by atoms with Crippen LogP contribution in [-0.2, 0) is 4.79 Å². The quantitative estimate of drug-likeness (QED) is 0.492. The van der Waals surface area contributed by atoms with Crippen LogP contribution in [0, 0.1) is 10.1 Å². The van der Waals surface area contributed by atoms with Crippen LogP contribution in [0.2, 0.25) is 0 Å². The Labute approximate surface area is 127 Å². The van der Waals surface area contributed by atoms with Crippen LogP contribution in [0.4, 0.5) is 11.4 Å². The molecule has 0 spiro atoms. The zero-order valence-corrected chi connectivity index (χ0v) is 12.4. The molecule has 10 heteroatoms. The summed E-state index contributed by atoms with van der Waals surface area (Å²) in [6.07, 6.45) is 0. The highest BCUT2D eigenvalue weighted by molar-refractivity contribution is 8.01. The molecule has 0 atom stereocenters. The molecule has 2 aromatic rings. The summed E-state index contributed by atoms with van der Waals surface area (Å²) >= 11 is 2.57. The molecule has 0 aliphatic heterocycles. The SMILES string of the molecule is COc1ccc([N+](=O)[O-])cc1NC(=O)CSc1nncs1. The molecule has 0 fully saturated rings. The van der Waals surface area contributed by atoms with Crippen LogP contribution in [-0.4, -0.2) is 33.9 Å². The summed E-state index contributed by atoms with van der Waals surface area (Å²) in [6.45, 7) is 0. The fraction of sp³-hybridized carbons (Fsp3) is 0.182. The van der Waals surface area contributed by atoms with Gasteiger partial charge in [-0.15, -0.1) is 10.2 Å². The van der Waals surface area contributed by atoms with Gasteiger partial charge >= 0.3 is 0 Å². The Morgan fingerprint density at radius 3 is 3.00 bits per heavy atom. The third kappa shape index (κ3) is 4.13. The van der Waals surface area contributed by atoms with Crippen molar-refractivity contribution in [1.29, 1.82) is 0 Å². The standard InChI is InChI=1S/C11H10N4O4S2/c1-19-9-3-2-7(15(17)18)4-8(9)13-10(16)5-20-11-14-12-6-21-11/h2-4,6H,5H2,1H3,(H,13,16). The van der Waals surface area contributed by atoms with Gasteiger partial charge in [0.2, 0.25) is 5.91 Å². The van der Waals surface area contributed by atoms with Crippen LogP contribution < -0.4 is 10.1 Å². The molecular weight excluding hydrogens is 316 g/mol. The number of non-ortho nitro benzene ring substituents is 1. The topological polar surface area (TPSA) is 107 Å². The van der Waals surface area contributed by atoms with E-state index in [1.807, 2.05) is 0 Å². The van der Waals surface area contributed by atoms with Crippen molar-refractivity contribution >= 4 is 40.4 Å². The monoisotopic (exact) mass is 326 g/mol. The number of nitro groups is 1. The van der Waals surface area contributed by atoms with Crippen LogP contribution in [0.5, 0.6) is 5.75 Å². The average molecular weight is 326 g/mol. The van der Waals surface area contributed by atoms with E-state index >= 15 is 0 Å². The first-order chi connectivity index (χ1) is 10.1. The zero-order chi connectivity index (χ0) is 15.2. The Morgan fingerprint density at radius 1 is 1.57 bits per heavy atom. The minimum atomic E-state index is -0.537. The van der Waals surface area contributed by atoms with Crippen molar-refractivity contribution in [2.45, 2.75) is 4.34 Å². The van der Waals surface area contributed by atoms with Crippen LogP contribution >= 0.6 is 23.1 Å². The van der Waals surface area contributed by atoms with Gasteiger partial charge in [0.05, 0.1) is 23.5 Å². The number of nitrogens with zero attached hydrogens (tertiary/aromatic N) is 3. The number of hydrogen-bond donors (Lipinski definition) is 1. The normalized spacial score (nSPS) is 10.1. The molecule has 21 heavy (non-hydrogen) atoms. The summed E-state index contributed by atoms with van der Waals surface area (Å²) in [5.41, 5.74) is 1.71. The second kappa shape index (κ2) is 6.99. The summed E-state index contributed by atoms with van der Waals surface area (Å²) in [4.78, 5) is 22.1. The summed E-state index contributed by atoms with van der Waals surface area (Å²) in [5, 5.41) is 20.8. The highest BCUT2D eigenvalue weighted by Crippen LogP contribution is 2.29. The Morgan fingerprint density at radius 2 is 2.38 bits per heavy atom. The van der Waals surface area contributed by atoms with Crippen molar-refractivity contribution in [3.63, 3.8) is 0 Å². The molecule has 1 aromatic carbocycles. The molecule has 0 radical (unpaired) electrons. The number of amides is 1. The smallest absolute Gasteiger partial charge is 0.271 e. The van der Waals surface area contributed by atoms with Gasteiger partial charge in [-0.25, -0.2) is 0 Å². The van der Waals surface area contributed by atoms with Crippen molar-refractivity contribution in [3.05, 3.63) is 33.8 Å². The lowest BCUT2D eigenvalue weighted by molar-refractivity contribution is -0.384. The second-order valence-electron chi connectivity index (χ2n) is 3.68. The molecular formula is C11H10N4O4S2. The lowest BCUT2D eigenvalue weighted by Crippen LogP contribution is -2.14. The number of rotatable bonds is 6. The number of nitrogens with one attached hydrogen (secondary N) is 1. The molecule has 1 aromatic heterocycles. The summed E-state index contributed by atoms with van der Waals surface area (Å²) in [5.74, 6) is 0.171. The molecule has 0 saturated heterocycles. The second-order valence-corrected chi connectivity index (χ2v) is 5.74. The Bertz CT molecular complexity index is 648. The van der Waals surface area contributed by atoms with E-state index in [0.717, 1.165) is 0 Å². The van der Waals surface area contributed by atoms with Gasteiger partial charge in [0.15, 0.2) is 4.34 Å². The van der Waals surface area contributed by atoms with Crippen molar-refractivity contribution in [3.8, 4) is 5.75 Å². The maximum absolute atomic E-state index is 11.9. The predicted octanol–water partition coefficient (Wildman–Crippen LogP) is 2.19. The first-order valence-corrected chi connectivity index (χ1v) is 7.48. The third-order valence-electron chi connectivity index (χ3n) is 2.33. The molecule has 1 heterocycles. The van der Waals surface area contributed by atoms with Crippen molar-refractivity contribution in [2.75, 3.05) is 18.2 Å². The molecule has 8 nitrogen and oxygen atoms in total.